The number of nitrogens with zero attached hydrogens (tertiary/aromatic N) is 1. The second kappa shape index (κ2) is 8.81. The van der Waals surface area contributed by atoms with E-state index in [1.165, 1.54) is 44.6 Å². The molecule has 0 unspecified atom stereocenters. The molecule has 0 aliphatic heterocycles. The zero-order chi connectivity index (χ0) is 18.4. The maximum absolute atomic E-state index is 12.0. The van der Waals surface area contributed by atoms with Crippen LogP contribution in [0.1, 0.15) is 50.2 Å². The van der Waals surface area contributed by atoms with Crippen LogP contribution in [-0.4, -0.2) is 43.8 Å². The first-order valence-corrected chi connectivity index (χ1v) is 11.0. The van der Waals surface area contributed by atoms with E-state index < -0.39 is 21.0 Å². The van der Waals surface area contributed by atoms with Crippen molar-refractivity contribution in [3.05, 3.63) is 35.4 Å². The van der Waals surface area contributed by atoms with Gasteiger partial charge >= 0.3 is 0 Å². The van der Waals surface area contributed by atoms with Gasteiger partial charge in [-0.25, -0.2) is 8.42 Å². The highest BCUT2D eigenvalue weighted by atomic mass is 32.2. The van der Waals surface area contributed by atoms with Crippen LogP contribution in [0.25, 0.3) is 0 Å². The van der Waals surface area contributed by atoms with Crippen molar-refractivity contribution in [1.82, 2.24) is 10.2 Å². The minimum absolute atomic E-state index is 0.355. The van der Waals surface area contributed by atoms with E-state index in [1.807, 2.05) is 18.2 Å². The second-order valence-electron chi connectivity index (χ2n) is 7.17. The van der Waals surface area contributed by atoms with E-state index in [9.17, 15) is 13.2 Å². The van der Waals surface area contributed by atoms with E-state index in [-0.39, 0.29) is 0 Å². The highest BCUT2D eigenvalue weighted by Crippen LogP contribution is 2.23. The molecule has 25 heavy (non-hydrogen) atoms. The Morgan fingerprint density at radius 2 is 1.80 bits per heavy atom. The Labute approximate surface area is 151 Å². The SMILES string of the molecule is C[C@H](C(=O)NCc1ccccc1CN(C)C1CCCCC1)S(C)(=O)=O. The van der Waals surface area contributed by atoms with Gasteiger partial charge in [0, 0.05) is 25.4 Å². The molecule has 0 bridgehead atoms. The highest BCUT2D eigenvalue weighted by Gasteiger charge is 2.23. The van der Waals surface area contributed by atoms with E-state index in [0.717, 1.165) is 18.4 Å². The van der Waals surface area contributed by atoms with Crippen molar-refractivity contribution >= 4 is 15.7 Å². The molecule has 1 aromatic carbocycles. The molecule has 0 heterocycles. The molecule has 1 saturated carbocycles. The van der Waals surface area contributed by atoms with Crippen LogP contribution in [0.2, 0.25) is 0 Å². The van der Waals surface area contributed by atoms with Crippen molar-refractivity contribution in [1.29, 1.82) is 0 Å². The van der Waals surface area contributed by atoms with Gasteiger partial charge in [0.2, 0.25) is 5.91 Å². The van der Waals surface area contributed by atoms with Crippen molar-refractivity contribution in [2.75, 3.05) is 13.3 Å². The molecular weight excluding hydrogens is 336 g/mol. The summed E-state index contributed by atoms with van der Waals surface area (Å²) in [6, 6.07) is 8.66. The number of nitrogens with one attached hydrogen (secondary N) is 1. The molecule has 140 valence electrons. The average molecular weight is 367 g/mol. The maximum atomic E-state index is 12.0. The van der Waals surface area contributed by atoms with E-state index >= 15 is 0 Å². The van der Waals surface area contributed by atoms with Crippen molar-refractivity contribution < 1.29 is 13.2 Å². The number of carbonyl (C=O) groups excluding carboxylic acids is 1. The first-order chi connectivity index (χ1) is 11.8. The Bertz CT molecular complexity index is 682. The summed E-state index contributed by atoms with van der Waals surface area (Å²) >= 11 is 0. The summed E-state index contributed by atoms with van der Waals surface area (Å²) in [5, 5.41) is 1.74. The number of sulfone groups is 1. The molecule has 1 aromatic rings. The molecule has 1 N–H and O–H groups in total. The van der Waals surface area contributed by atoms with Gasteiger partial charge in [-0.1, -0.05) is 43.5 Å². The zero-order valence-corrected chi connectivity index (χ0v) is 16.3. The fourth-order valence-electron chi connectivity index (χ4n) is 3.32. The molecule has 0 saturated heterocycles. The van der Waals surface area contributed by atoms with Gasteiger partial charge in [0.25, 0.3) is 0 Å². The largest absolute Gasteiger partial charge is 0.351 e. The lowest BCUT2D eigenvalue weighted by atomic mass is 9.94. The predicted octanol–water partition coefficient (Wildman–Crippen LogP) is 2.50. The van der Waals surface area contributed by atoms with Gasteiger partial charge in [0.15, 0.2) is 9.84 Å². The van der Waals surface area contributed by atoms with Gasteiger partial charge in [0.05, 0.1) is 0 Å². The lowest BCUT2D eigenvalue weighted by molar-refractivity contribution is -0.120. The van der Waals surface area contributed by atoms with Crippen molar-refractivity contribution in [3.63, 3.8) is 0 Å². The van der Waals surface area contributed by atoms with E-state index in [0.29, 0.717) is 12.6 Å². The fourth-order valence-corrected chi connectivity index (χ4v) is 3.80. The summed E-state index contributed by atoms with van der Waals surface area (Å²) in [6.07, 6.45) is 7.53. The summed E-state index contributed by atoms with van der Waals surface area (Å²) in [5.74, 6) is -0.446. The van der Waals surface area contributed by atoms with Gasteiger partial charge in [-0.15, -0.1) is 0 Å². The Hall–Kier alpha value is -1.40. The molecule has 2 rings (SSSR count). The summed E-state index contributed by atoms with van der Waals surface area (Å²) in [6.45, 7) is 2.62. The Balaban J connectivity index is 1.99. The molecule has 1 amide bonds. The van der Waals surface area contributed by atoms with Gasteiger partial charge < -0.3 is 5.32 Å². The summed E-state index contributed by atoms with van der Waals surface area (Å²) < 4.78 is 23.0. The maximum Gasteiger partial charge on any atom is 0.238 e. The average Bonchev–Trinajstić information content (AvgIpc) is 2.60. The van der Waals surface area contributed by atoms with Crippen LogP contribution in [0, 0.1) is 0 Å². The molecule has 1 aliphatic carbocycles. The lowest BCUT2D eigenvalue weighted by Gasteiger charge is -2.31. The normalized spacial score (nSPS) is 17.4. The van der Waals surface area contributed by atoms with E-state index in [4.69, 9.17) is 0 Å². The third-order valence-electron chi connectivity index (χ3n) is 5.20. The standard InChI is InChI=1S/C19H30N2O3S/c1-15(25(3,23)24)19(22)20-13-16-9-7-8-10-17(16)14-21(2)18-11-5-4-6-12-18/h7-10,15,18H,4-6,11-14H2,1-3H3,(H,20,22)/t15-/m1/s1. The Morgan fingerprint density at radius 3 is 2.40 bits per heavy atom. The third-order valence-corrected chi connectivity index (χ3v) is 6.70. The van der Waals surface area contributed by atoms with Crippen molar-refractivity contribution in [2.24, 2.45) is 0 Å². The smallest absolute Gasteiger partial charge is 0.238 e. The van der Waals surface area contributed by atoms with Crippen LogP contribution in [-0.2, 0) is 27.7 Å². The number of hydrogen-bond acceptors (Lipinski definition) is 4. The summed E-state index contributed by atoms with van der Waals surface area (Å²) in [4.78, 5) is 14.4. The van der Waals surface area contributed by atoms with Crippen LogP contribution < -0.4 is 5.32 Å². The van der Waals surface area contributed by atoms with Crippen molar-refractivity contribution in [2.45, 2.75) is 63.4 Å². The molecule has 1 aliphatic rings. The van der Waals surface area contributed by atoms with E-state index in [1.54, 1.807) is 0 Å². The molecule has 6 heteroatoms. The number of benzene rings is 1. The minimum atomic E-state index is -3.37. The number of rotatable bonds is 7. The molecular formula is C19H30N2O3S. The number of hydrogen-bond donors (Lipinski definition) is 1. The topological polar surface area (TPSA) is 66.5 Å². The number of amides is 1. The monoisotopic (exact) mass is 366 g/mol. The number of carbonyl (C=O) groups is 1. The molecule has 5 nitrogen and oxygen atoms in total. The summed E-state index contributed by atoms with van der Waals surface area (Å²) in [7, 11) is -1.21. The lowest BCUT2D eigenvalue weighted by Crippen LogP contribution is -2.37. The highest BCUT2D eigenvalue weighted by molar-refractivity contribution is 7.92. The van der Waals surface area contributed by atoms with E-state index in [2.05, 4.69) is 23.3 Å². The first kappa shape index (κ1) is 19.9. The molecule has 1 atom stereocenters. The summed E-state index contributed by atoms with van der Waals surface area (Å²) in [5.41, 5.74) is 2.22. The molecule has 1 fully saturated rings. The molecule has 0 radical (unpaired) electrons. The second-order valence-corrected chi connectivity index (χ2v) is 9.53. The fraction of sp³-hybridized carbons (Fsp3) is 0.632. The third kappa shape index (κ3) is 5.82. The minimum Gasteiger partial charge on any atom is -0.351 e. The van der Waals surface area contributed by atoms with Crippen LogP contribution in [0.15, 0.2) is 24.3 Å². The van der Waals surface area contributed by atoms with Crippen molar-refractivity contribution in [3.8, 4) is 0 Å². The van der Waals surface area contributed by atoms with Gasteiger partial charge in [0.1, 0.15) is 5.25 Å². The molecule has 0 aromatic heterocycles. The Kier molecular flexibility index (Phi) is 7.02. The van der Waals surface area contributed by atoms with Crippen LogP contribution >= 0.6 is 0 Å². The quantitative estimate of drug-likeness (QED) is 0.805. The predicted molar refractivity (Wildman–Crippen MR) is 101 cm³/mol. The van der Waals surface area contributed by atoms with Crippen LogP contribution in [0.4, 0.5) is 0 Å². The van der Waals surface area contributed by atoms with Gasteiger partial charge in [-0.2, -0.15) is 0 Å². The van der Waals surface area contributed by atoms with Crippen LogP contribution in [0.3, 0.4) is 0 Å². The van der Waals surface area contributed by atoms with Gasteiger partial charge in [-0.05, 0) is 37.9 Å². The van der Waals surface area contributed by atoms with Crippen LogP contribution in [0.5, 0.6) is 0 Å². The Morgan fingerprint density at radius 1 is 1.20 bits per heavy atom. The van der Waals surface area contributed by atoms with Gasteiger partial charge in [-0.3, -0.25) is 9.69 Å². The zero-order valence-electron chi connectivity index (χ0n) is 15.5. The first-order valence-electron chi connectivity index (χ1n) is 9.02. The molecule has 0 spiro atoms.